The van der Waals surface area contributed by atoms with Crippen LogP contribution >= 0.6 is 24.6 Å². The van der Waals surface area contributed by atoms with Gasteiger partial charge in [0.15, 0.2) is 5.11 Å². The third-order valence-electron chi connectivity index (χ3n) is 4.01. The largest absolute Gasteiger partial charge is 0.360 e. The van der Waals surface area contributed by atoms with Crippen molar-refractivity contribution in [1.29, 1.82) is 0 Å². The molecule has 9 heteroatoms. The molecular weight excluding hydrogens is 368 g/mol. The van der Waals surface area contributed by atoms with Crippen molar-refractivity contribution in [2.45, 2.75) is 43.0 Å². The minimum absolute atomic E-state index is 0. The number of rotatable bonds is 5. The summed E-state index contributed by atoms with van der Waals surface area (Å²) in [6, 6.07) is 6.77. The van der Waals surface area contributed by atoms with Gasteiger partial charge in [-0.05, 0) is 49.3 Å². The highest BCUT2D eigenvalue weighted by atomic mass is 35.5. The van der Waals surface area contributed by atoms with E-state index in [0.29, 0.717) is 24.2 Å². The Labute approximate surface area is 155 Å². The van der Waals surface area contributed by atoms with Gasteiger partial charge in [-0.2, -0.15) is 0 Å². The molecule has 0 aliphatic heterocycles. The van der Waals surface area contributed by atoms with Gasteiger partial charge in [0.1, 0.15) is 0 Å². The second kappa shape index (κ2) is 9.53. The van der Waals surface area contributed by atoms with Gasteiger partial charge in [0.25, 0.3) is 0 Å². The number of primary sulfonamides is 1. The van der Waals surface area contributed by atoms with E-state index >= 15 is 0 Å². The van der Waals surface area contributed by atoms with Crippen LogP contribution in [0.5, 0.6) is 0 Å². The van der Waals surface area contributed by atoms with E-state index in [4.69, 9.17) is 23.1 Å². The van der Waals surface area contributed by atoms with Crippen molar-refractivity contribution in [1.82, 2.24) is 5.32 Å². The molecule has 6 nitrogen and oxygen atoms in total. The fourth-order valence-corrected chi connectivity index (χ4v) is 3.67. The lowest BCUT2D eigenvalue weighted by molar-refractivity contribution is 0.413. The molecule has 0 atom stereocenters. The van der Waals surface area contributed by atoms with Gasteiger partial charge in [0, 0.05) is 24.8 Å². The van der Waals surface area contributed by atoms with Crippen LogP contribution in [0, 0.1) is 0 Å². The number of nitrogens with one attached hydrogen (secondary N) is 1. The third kappa shape index (κ3) is 5.86. The van der Waals surface area contributed by atoms with Crippen LogP contribution in [0.25, 0.3) is 0 Å². The number of hydrogen-bond acceptors (Lipinski definition) is 4. The van der Waals surface area contributed by atoms with E-state index in [1.165, 1.54) is 31.4 Å². The molecule has 0 bridgehead atoms. The minimum Gasteiger partial charge on any atom is -0.360 e. The molecule has 5 N–H and O–H groups in total. The highest BCUT2D eigenvalue weighted by molar-refractivity contribution is 7.89. The SMILES string of the molecule is Cl.NCCN(C(=S)NC1CCCCC1)c1ccc(S(N)(=O)=O)cc1. The Morgan fingerprint density at radius 2 is 1.79 bits per heavy atom. The highest BCUT2D eigenvalue weighted by Crippen LogP contribution is 2.20. The molecule has 2 rings (SSSR count). The lowest BCUT2D eigenvalue weighted by atomic mass is 9.96. The summed E-state index contributed by atoms with van der Waals surface area (Å²) >= 11 is 5.53. The van der Waals surface area contributed by atoms with Crippen LogP contribution in [0.1, 0.15) is 32.1 Å². The van der Waals surface area contributed by atoms with Crippen molar-refractivity contribution < 1.29 is 8.42 Å². The lowest BCUT2D eigenvalue weighted by Crippen LogP contribution is -2.47. The van der Waals surface area contributed by atoms with Crippen LogP contribution in [0.15, 0.2) is 29.2 Å². The van der Waals surface area contributed by atoms with E-state index in [9.17, 15) is 8.42 Å². The Morgan fingerprint density at radius 1 is 1.21 bits per heavy atom. The van der Waals surface area contributed by atoms with Gasteiger partial charge in [-0.1, -0.05) is 19.3 Å². The molecule has 1 aliphatic rings. The topological polar surface area (TPSA) is 101 Å². The first-order chi connectivity index (χ1) is 10.9. The predicted molar refractivity (Wildman–Crippen MR) is 104 cm³/mol. The van der Waals surface area contributed by atoms with Crippen LogP contribution < -0.4 is 21.1 Å². The van der Waals surface area contributed by atoms with E-state index in [1.807, 2.05) is 4.90 Å². The molecular formula is C15H25ClN4O2S2. The molecule has 1 fully saturated rings. The smallest absolute Gasteiger partial charge is 0.238 e. The summed E-state index contributed by atoms with van der Waals surface area (Å²) < 4.78 is 22.7. The van der Waals surface area contributed by atoms with E-state index < -0.39 is 10.0 Å². The maximum absolute atomic E-state index is 11.3. The van der Waals surface area contributed by atoms with Crippen molar-refractivity contribution in [3.05, 3.63) is 24.3 Å². The molecule has 1 aliphatic carbocycles. The molecule has 1 saturated carbocycles. The Hall–Kier alpha value is -0.930. The summed E-state index contributed by atoms with van der Waals surface area (Å²) in [7, 11) is -3.69. The van der Waals surface area contributed by atoms with Crippen molar-refractivity contribution in [3.63, 3.8) is 0 Å². The summed E-state index contributed by atoms with van der Waals surface area (Å²) in [5, 5.41) is 9.16. The van der Waals surface area contributed by atoms with Gasteiger partial charge < -0.3 is 16.0 Å². The van der Waals surface area contributed by atoms with Crippen molar-refractivity contribution in [2.24, 2.45) is 10.9 Å². The average molecular weight is 393 g/mol. The third-order valence-corrected chi connectivity index (χ3v) is 5.28. The molecule has 0 radical (unpaired) electrons. The normalized spacial score (nSPS) is 15.4. The summed E-state index contributed by atoms with van der Waals surface area (Å²) in [5.41, 5.74) is 6.49. The Bertz CT molecular complexity index is 631. The monoisotopic (exact) mass is 392 g/mol. The number of nitrogens with zero attached hydrogens (tertiary/aromatic N) is 1. The average Bonchev–Trinajstić information content (AvgIpc) is 2.53. The van der Waals surface area contributed by atoms with Gasteiger partial charge >= 0.3 is 0 Å². The highest BCUT2D eigenvalue weighted by Gasteiger charge is 2.18. The van der Waals surface area contributed by atoms with Crippen LogP contribution in [-0.4, -0.2) is 32.7 Å². The van der Waals surface area contributed by atoms with Crippen LogP contribution in [0.4, 0.5) is 5.69 Å². The number of nitrogens with two attached hydrogens (primary N) is 2. The second-order valence-corrected chi connectivity index (χ2v) is 7.71. The maximum Gasteiger partial charge on any atom is 0.238 e. The molecule has 1 aromatic carbocycles. The maximum atomic E-state index is 11.3. The van der Waals surface area contributed by atoms with Gasteiger partial charge in [0.05, 0.1) is 4.90 Å². The van der Waals surface area contributed by atoms with Crippen molar-refractivity contribution in [3.8, 4) is 0 Å². The first-order valence-corrected chi connectivity index (χ1v) is 9.78. The fraction of sp³-hybridized carbons (Fsp3) is 0.533. The summed E-state index contributed by atoms with van der Waals surface area (Å²) in [6.45, 7) is 1.01. The molecule has 0 saturated heterocycles. The standard InChI is InChI=1S/C15H24N4O2S2.ClH/c16-10-11-19(15(22)18-12-4-2-1-3-5-12)13-6-8-14(9-7-13)23(17,20)21;/h6-9,12H,1-5,10-11,16H2,(H,18,22)(H2,17,20,21);1H. The molecule has 0 unspecified atom stereocenters. The Balaban J connectivity index is 0.00000288. The first kappa shape index (κ1) is 21.1. The lowest BCUT2D eigenvalue weighted by Gasteiger charge is -2.30. The first-order valence-electron chi connectivity index (χ1n) is 7.83. The predicted octanol–water partition coefficient (Wildman–Crippen LogP) is 1.73. The number of anilines is 1. The van der Waals surface area contributed by atoms with Crippen molar-refractivity contribution >= 4 is 45.4 Å². The quantitative estimate of drug-likeness (QED) is 0.659. The number of halogens is 1. The zero-order valence-electron chi connectivity index (χ0n) is 13.5. The molecule has 136 valence electrons. The summed E-state index contributed by atoms with van der Waals surface area (Å²) in [5.74, 6) is 0. The molecule has 0 aromatic heterocycles. The van der Waals surface area contributed by atoms with E-state index in [0.717, 1.165) is 18.5 Å². The van der Waals surface area contributed by atoms with Crippen LogP contribution in [-0.2, 0) is 10.0 Å². The van der Waals surface area contributed by atoms with Crippen molar-refractivity contribution in [2.75, 3.05) is 18.0 Å². The van der Waals surface area contributed by atoms with Gasteiger partial charge in [0.2, 0.25) is 10.0 Å². The van der Waals surface area contributed by atoms with Gasteiger partial charge in [-0.15, -0.1) is 12.4 Å². The number of benzene rings is 1. The van der Waals surface area contributed by atoms with E-state index in [2.05, 4.69) is 5.32 Å². The van der Waals surface area contributed by atoms with Gasteiger partial charge in [-0.25, -0.2) is 13.6 Å². The Kier molecular flexibility index (Phi) is 8.38. The van der Waals surface area contributed by atoms with E-state index in [-0.39, 0.29) is 17.3 Å². The molecule has 0 spiro atoms. The van der Waals surface area contributed by atoms with Gasteiger partial charge in [-0.3, -0.25) is 0 Å². The van der Waals surface area contributed by atoms with E-state index in [1.54, 1.807) is 12.1 Å². The zero-order chi connectivity index (χ0) is 16.9. The molecule has 1 aromatic rings. The molecule has 0 amide bonds. The summed E-state index contributed by atoms with van der Waals surface area (Å²) in [4.78, 5) is 1.98. The minimum atomic E-state index is -3.69. The Morgan fingerprint density at radius 3 is 2.29 bits per heavy atom. The molecule has 24 heavy (non-hydrogen) atoms. The van der Waals surface area contributed by atoms with Crippen LogP contribution in [0.3, 0.4) is 0 Å². The zero-order valence-corrected chi connectivity index (χ0v) is 15.9. The summed E-state index contributed by atoms with van der Waals surface area (Å²) in [6.07, 6.45) is 5.98. The number of sulfonamides is 1. The molecule has 0 heterocycles. The fourth-order valence-electron chi connectivity index (χ4n) is 2.79. The number of hydrogen-bond donors (Lipinski definition) is 3. The van der Waals surface area contributed by atoms with Crippen LogP contribution in [0.2, 0.25) is 0 Å². The second-order valence-electron chi connectivity index (χ2n) is 5.76. The number of thiocarbonyl (C=S) groups is 1.